The summed E-state index contributed by atoms with van der Waals surface area (Å²) in [5.41, 5.74) is 0.682. The van der Waals surface area contributed by atoms with Gasteiger partial charge in [0.1, 0.15) is 11.8 Å². The molecule has 1 saturated heterocycles. The van der Waals surface area contributed by atoms with E-state index in [4.69, 9.17) is 10.00 Å². The molecule has 5 nitrogen and oxygen atoms in total. The Hall–Kier alpha value is -1.93. The molecule has 21 heavy (non-hydrogen) atoms. The van der Waals surface area contributed by atoms with Crippen molar-refractivity contribution in [2.45, 2.75) is 51.2 Å². The Morgan fingerprint density at radius 1 is 1.52 bits per heavy atom. The first-order valence-electron chi connectivity index (χ1n) is 7.43. The van der Waals surface area contributed by atoms with Gasteiger partial charge in [-0.15, -0.1) is 0 Å². The maximum atomic E-state index is 12.2. The smallest absolute Gasteiger partial charge is 0.270 e. The van der Waals surface area contributed by atoms with Crippen LogP contribution >= 0.6 is 0 Å². The van der Waals surface area contributed by atoms with Crippen molar-refractivity contribution < 1.29 is 9.53 Å². The number of carbonyl (C=O) groups is 1. The molecule has 0 aliphatic carbocycles. The monoisotopic (exact) mass is 287 g/mol. The van der Waals surface area contributed by atoms with E-state index in [9.17, 15) is 4.79 Å². The first-order chi connectivity index (χ1) is 10.1. The molecular weight excluding hydrogens is 266 g/mol. The normalized spacial score (nSPS) is 20.5. The maximum Gasteiger partial charge on any atom is 0.270 e. The Labute approximate surface area is 125 Å². The molecule has 1 atom stereocenters. The standard InChI is InChI=1S/C16H21N3O2/c1-3-16(4-2)9-13(7-8-21-16)19-15(20)14-6-5-12(10-17)11-18-14/h5-6,11,13H,3-4,7-9H2,1-2H3,(H,19,20). The topological polar surface area (TPSA) is 75.0 Å². The molecule has 1 aliphatic heterocycles. The average Bonchev–Trinajstić information content (AvgIpc) is 2.55. The van der Waals surface area contributed by atoms with Gasteiger partial charge in [0.2, 0.25) is 0 Å². The molecule has 2 heterocycles. The number of nitrogens with one attached hydrogen (secondary N) is 1. The fourth-order valence-corrected chi connectivity index (χ4v) is 2.75. The molecule has 0 aromatic carbocycles. The third-order valence-electron chi connectivity index (χ3n) is 4.24. The average molecular weight is 287 g/mol. The first kappa shape index (κ1) is 15.5. The number of rotatable bonds is 4. The SMILES string of the molecule is CCC1(CC)CC(NC(=O)c2ccc(C#N)cn2)CCO1. The number of pyridine rings is 1. The van der Waals surface area contributed by atoms with Gasteiger partial charge in [-0.2, -0.15) is 5.26 Å². The zero-order chi connectivity index (χ0) is 15.3. The summed E-state index contributed by atoms with van der Waals surface area (Å²) in [6, 6.07) is 5.29. The minimum absolute atomic E-state index is 0.114. The van der Waals surface area contributed by atoms with E-state index in [1.807, 2.05) is 6.07 Å². The molecule has 1 aromatic rings. The molecule has 0 radical (unpaired) electrons. The predicted molar refractivity (Wildman–Crippen MR) is 78.7 cm³/mol. The Morgan fingerprint density at radius 2 is 2.29 bits per heavy atom. The summed E-state index contributed by atoms with van der Waals surface area (Å²) in [5, 5.41) is 11.8. The number of ether oxygens (including phenoxy) is 1. The number of nitrogens with zero attached hydrogens (tertiary/aromatic N) is 2. The van der Waals surface area contributed by atoms with Gasteiger partial charge in [0.15, 0.2) is 0 Å². The van der Waals surface area contributed by atoms with E-state index in [-0.39, 0.29) is 17.6 Å². The molecule has 2 rings (SSSR count). The van der Waals surface area contributed by atoms with Crippen LogP contribution in [0.15, 0.2) is 18.3 Å². The highest BCUT2D eigenvalue weighted by Crippen LogP contribution is 2.31. The Bertz CT molecular complexity index is 529. The molecular formula is C16H21N3O2. The zero-order valence-corrected chi connectivity index (χ0v) is 12.6. The predicted octanol–water partition coefficient (Wildman–Crippen LogP) is 2.42. The van der Waals surface area contributed by atoms with Crippen LogP contribution in [0.2, 0.25) is 0 Å². The van der Waals surface area contributed by atoms with Crippen LogP contribution < -0.4 is 5.32 Å². The Kier molecular flexibility index (Phi) is 4.92. The second-order valence-electron chi connectivity index (χ2n) is 5.45. The third-order valence-corrected chi connectivity index (χ3v) is 4.24. The lowest BCUT2D eigenvalue weighted by atomic mass is 9.86. The number of hydrogen-bond acceptors (Lipinski definition) is 4. The largest absolute Gasteiger partial charge is 0.375 e. The van der Waals surface area contributed by atoms with Gasteiger partial charge < -0.3 is 10.1 Å². The van der Waals surface area contributed by atoms with E-state index >= 15 is 0 Å². The van der Waals surface area contributed by atoms with Gasteiger partial charge in [0, 0.05) is 18.8 Å². The second kappa shape index (κ2) is 6.68. The van der Waals surface area contributed by atoms with E-state index in [2.05, 4.69) is 24.1 Å². The Morgan fingerprint density at radius 3 is 2.86 bits per heavy atom. The van der Waals surface area contributed by atoms with Gasteiger partial charge in [-0.05, 0) is 37.8 Å². The van der Waals surface area contributed by atoms with Crippen molar-refractivity contribution in [2.75, 3.05) is 6.61 Å². The van der Waals surface area contributed by atoms with Crippen LogP contribution in [0.5, 0.6) is 0 Å². The molecule has 1 N–H and O–H groups in total. The van der Waals surface area contributed by atoms with Crippen molar-refractivity contribution in [3.05, 3.63) is 29.6 Å². The summed E-state index contributed by atoms with van der Waals surface area (Å²) in [4.78, 5) is 16.2. The summed E-state index contributed by atoms with van der Waals surface area (Å²) in [5.74, 6) is -0.188. The molecule has 0 bridgehead atoms. The van der Waals surface area contributed by atoms with Gasteiger partial charge in [0.05, 0.1) is 11.2 Å². The molecule has 1 fully saturated rings. The van der Waals surface area contributed by atoms with Crippen molar-refractivity contribution in [3.63, 3.8) is 0 Å². The van der Waals surface area contributed by atoms with E-state index in [0.717, 1.165) is 25.7 Å². The van der Waals surface area contributed by atoms with Crippen LogP contribution in [0.1, 0.15) is 55.6 Å². The number of hydrogen-bond donors (Lipinski definition) is 1. The fraction of sp³-hybridized carbons (Fsp3) is 0.562. The van der Waals surface area contributed by atoms with E-state index in [1.54, 1.807) is 12.1 Å². The summed E-state index contributed by atoms with van der Waals surface area (Å²) >= 11 is 0. The molecule has 112 valence electrons. The summed E-state index contributed by atoms with van der Waals surface area (Å²) < 4.78 is 5.91. The molecule has 1 amide bonds. The minimum atomic E-state index is -0.188. The highest BCUT2D eigenvalue weighted by atomic mass is 16.5. The van der Waals surface area contributed by atoms with E-state index < -0.39 is 0 Å². The minimum Gasteiger partial charge on any atom is -0.375 e. The van der Waals surface area contributed by atoms with Crippen molar-refractivity contribution in [3.8, 4) is 6.07 Å². The quantitative estimate of drug-likeness (QED) is 0.922. The van der Waals surface area contributed by atoms with Crippen LogP contribution in [-0.2, 0) is 4.74 Å². The fourth-order valence-electron chi connectivity index (χ4n) is 2.75. The molecule has 1 unspecified atom stereocenters. The van der Waals surface area contributed by atoms with Gasteiger partial charge in [0.25, 0.3) is 5.91 Å². The van der Waals surface area contributed by atoms with Gasteiger partial charge in [-0.25, -0.2) is 4.98 Å². The molecule has 0 spiro atoms. The van der Waals surface area contributed by atoms with Crippen molar-refractivity contribution in [1.82, 2.24) is 10.3 Å². The van der Waals surface area contributed by atoms with Gasteiger partial charge in [-0.3, -0.25) is 4.79 Å². The second-order valence-corrected chi connectivity index (χ2v) is 5.45. The lowest BCUT2D eigenvalue weighted by Gasteiger charge is -2.40. The van der Waals surface area contributed by atoms with Crippen LogP contribution in [0.3, 0.4) is 0 Å². The zero-order valence-electron chi connectivity index (χ0n) is 12.6. The highest BCUT2D eigenvalue weighted by molar-refractivity contribution is 5.92. The van der Waals surface area contributed by atoms with Crippen LogP contribution in [0.25, 0.3) is 0 Å². The van der Waals surface area contributed by atoms with E-state index in [0.29, 0.717) is 17.9 Å². The van der Waals surface area contributed by atoms with Crippen LogP contribution in [0, 0.1) is 11.3 Å². The molecule has 0 saturated carbocycles. The lowest BCUT2D eigenvalue weighted by molar-refractivity contribution is -0.0917. The van der Waals surface area contributed by atoms with Crippen molar-refractivity contribution in [2.24, 2.45) is 0 Å². The molecule has 1 aromatic heterocycles. The van der Waals surface area contributed by atoms with Crippen molar-refractivity contribution in [1.29, 1.82) is 5.26 Å². The lowest BCUT2D eigenvalue weighted by Crippen LogP contribution is -2.48. The maximum absolute atomic E-state index is 12.2. The first-order valence-corrected chi connectivity index (χ1v) is 7.43. The van der Waals surface area contributed by atoms with Crippen LogP contribution in [-0.4, -0.2) is 29.1 Å². The summed E-state index contributed by atoms with van der Waals surface area (Å²) in [6.07, 6.45) is 4.98. The number of nitriles is 1. The van der Waals surface area contributed by atoms with Gasteiger partial charge >= 0.3 is 0 Å². The third kappa shape index (κ3) is 3.59. The van der Waals surface area contributed by atoms with Crippen molar-refractivity contribution >= 4 is 5.91 Å². The Balaban J connectivity index is 2.00. The van der Waals surface area contributed by atoms with E-state index in [1.165, 1.54) is 6.20 Å². The highest BCUT2D eigenvalue weighted by Gasteiger charge is 2.35. The molecule has 5 heteroatoms. The summed E-state index contributed by atoms with van der Waals surface area (Å²) in [6.45, 7) is 4.92. The number of aromatic nitrogens is 1. The molecule has 1 aliphatic rings. The van der Waals surface area contributed by atoms with Gasteiger partial charge in [-0.1, -0.05) is 13.8 Å². The number of amides is 1. The van der Waals surface area contributed by atoms with Crippen LogP contribution in [0.4, 0.5) is 0 Å². The number of carbonyl (C=O) groups excluding carboxylic acids is 1. The summed E-state index contributed by atoms with van der Waals surface area (Å²) in [7, 11) is 0.